The van der Waals surface area contributed by atoms with Gasteiger partial charge in [0.05, 0.1) is 11.7 Å². The van der Waals surface area contributed by atoms with Crippen LogP contribution in [-0.2, 0) is 10.0 Å². The molecular formula is C8H13ClF3NO2S. The van der Waals surface area contributed by atoms with E-state index in [1.807, 2.05) is 0 Å². The van der Waals surface area contributed by atoms with Crippen molar-refractivity contribution in [2.24, 2.45) is 5.92 Å². The number of sulfonamides is 1. The lowest BCUT2D eigenvalue weighted by atomic mass is 9.99. The molecule has 1 saturated heterocycles. The van der Waals surface area contributed by atoms with E-state index >= 15 is 0 Å². The molecule has 1 heterocycles. The largest absolute Gasteiger partial charge is 0.393 e. The summed E-state index contributed by atoms with van der Waals surface area (Å²) in [6, 6.07) is 0. The molecule has 8 heteroatoms. The molecule has 0 amide bonds. The number of alkyl halides is 4. The summed E-state index contributed by atoms with van der Waals surface area (Å²) >= 11 is 5.30. The zero-order valence-electron chi connectivity index (χ0n) is 8.50. The first-order valence-electron chi connectivity index (χ1n) is 4.88. The fraction of sp³-hybridized carbons (Fsp3) is 1.00. The van der Waals surface area contributed by atoms with Crippen molar-refractivity contribution in [2.75, 3.05) is 24.7 Å². The van der Waals surface area contributed by atoms with Crippen LogP contribution in [0.4, 0.5) is 13.2 Å². The second-order valence-electron chi connectivity index (χ2n) is 3.74. The Balaban J connectivity index is 2.71. The molecule has 1 atom stereocenters. The molecule has 1 aliphatic rings. The molecule has 3 nitrogen and oxygen atoms in total. The molecular weight excluding hydrogens is 267 g/mol. The van der Waals surface area contributed by atoms with E-state index in [9.17, 15) is 21.6 Å². The Labute approximate surface area is 97.6 Å². The molecule has 96 valence electrons. The topological polar surface area (TPSA) is 37.4 Å². The summed E-state index contributed by atoms with van der Waals surface area (Å²) < 4.78 is 61.3. The van der Waals surface area contributed by atoms with Gasteiger partial charge in [-0.25, -0.2) is 12.7 Å². The first-order valence-corrected chi connectivity index (χ1v) is 7.02. The average molecular weight is 280 g/mol. The highest BCUT2D eigenvalue weighted by molar-refractivity contribution is 7.89. The van der Waals surface area contributed by atoms with E-state index in [0.29, 0.717) is 0 Å². The van der Waals surface area contributed by atoms with Gasteiger partial charge < -0.3 is 0 Å². The van der Waals surface area contributed by atoms with Crippen LogP contribution in [0.3, 0.4) is 0 Å². The maximum atomic E-state index is 12.4. The van der Waals surface area contributed by atoms with Crippen molar-refractivity contribution in [1.82, 2.24) is 4.31 Å². The molecule has 16 heavy (non-hydrogen) atoms. The highest BCUT2D eigenvalue weighted by Gasteiger charge is 2.43. The van der Waals surface area contributed by atoms with E-state index < -0.39 is 28.7 Å². The van der Waals surface area contributed by atoms with Gasteiger partial charge in [-0.05, 0) is 12.8 Å². The van der Waals surface area contributed by atoms with Crippen molar-refractivity contribution < 1.29 is 21.6 Å². The van der Waals surface area contributed by atoms with Crippen LogP contribution in [0.1, 0.15) is 12.8 Å². The second-order valence-corrected chi connectivity index (χ2v) is 6.21. The lowest BCUT2D eigenvalue weighted by Gasteiger charge is -2.32. The van der Waals surface area contributed by atoms with Gasteiger partial charge in [-0.1, -0.05) is 0 Å². The van der Waals surface area contributed by atoms with Gasteiger partial charge in [0, 0.05) is 19.0 Å². The summed E-state index contributed by atoms with van der Waals surface area (Å²) in [5.74, 6) is -1.96. The van der Waals surface area contributed by atoms with Gasteiger partial charge in [0.25, 0.3) is 0 Å². The maximum Gasteiger partial charge on any atom is 0.393 e. The lowest BCUT2D eigenvalue weighted by Crippen LogP contribution is -2.45. The van der Waals surface area contributed by atoms with Crippen molar-refractivity contribution in [3.63, 3.8) is 0 Å². The maximum absolute atomic E-state index is 12.4. The van der Waals surface area contributed by atoms with Gasteiger partial charge in [0.1, 0.15) is 0 Å². The minimum atomic E-state index is -4.32. The number of halogens is 4. The summed E-state index contributed by atoms with van der Waals surface area (Å²) in [6.07, 6.45) is -4.09. The third-order valence-electron chi connectivity index (χ3n) is 2.58. The Morgan fingerprint density at radius 3 is 2.50 bits per heavy atom. The van der Waals surface area contributed by atoms with Gasteiger partial charge in [-0.3, -0.25) is 0 Å². The van der Waals surface area contributed by atoms with E-state index in [1.165, 1.54) is 0 Å². The van der Waals surface area contributed by atoms with Crippen LogP contribution in [0, 0.1) is 5.92 Å². The third-order valence-corrected chi connectivity index (χ3v) is 4.83. The number of hydrogen-bond acceptors (Lipinski definition) is 2. The summed E-state index contributed by atoms with van der Waals surface area (Å²) in [6.45, 7) is -0.311. The SMILES string of the molecule is O=S(=O)(CCCl)N1CCCC(C(F)(F)F)C1. The van der Waals surface area contributed by atoms with E-state index in [-0.39, 0.29) is 31.0 Å². The Hall–Kier alpha value is -0.0100. The summed E-state index contributed by atoms with van der Waals surface area (Å²) in [5, 5.41) is 0. The quantitative estimate of drug-likeness (QED) is 0.739. The Kier molecular flexibility index (Phi) is 4.48. The van der Waals surface area contributed by atoms with Crippen LogP contribution in [0.5, 0.6) is 0 Å². The molecule has 0 radical (unpaired) electrons. The van der Waals surface area contributed by atoms with Gasteiger partial charge in [-0.2, -0.15) is 13.2 Å². The molecule has 0 saturated carbocycles. The van der Waals surface area contributed by atoms with Crippen LogP contribution in [-0.4, -0.2) is 43.6 Å². The molecule has 0 bridgehead atoms. The molecule has 1 fully saturated rings. The van der Waals surface area contributed by atoms with Crippen molar-refractivity contribution in [3.05, 3.63) is 0 Å². The monoisotopic (exact) mass is 279 g/mol. The van der Waals surface area contributed by atoms with Crippen molar-refractivity contribution in [1.29, 1.82) is 0 Å². The predicted molar refractivity (Wildman–Crippen MR) is 54.9 cm³/mol. The smallest absolute Gasteiger partial charge is 0.212 e. The molecule has 0 aromatic carbocycles. The molecule has 0 N–H and O–H groups in total. The van der Waals surface area contributed by atoms with Crippen molar-refractivity contribution in [2.45, 2.75) is 19.0 Å². The standard InChI is InChI=1S/C8H13ClF3NO2S/c9-3-5-16(14,15)13-4-1-2-7(6-13)8(10,11)12/h7H,1-6H2. The third kappa shape index (κ3) is 3.49. The lowest BCUT2D eigenvalue weighted by molar-refractivity contribution is -0.182. The number of nitrogens with zero attached hydrogens (tertiary/aromatic N) is 1. The molecule has 0 spiro atoms. The van der Waals surface area contributed by atoms with Crippen LogP contribution in [0.25, 0.3) is 0 Å². The Bertz CT molecular complexity index is 331. The zero-order chi connectivity index (χ0) is 12.4. The van der Waals surface area contributed by atoms with Gasteiger partial charge >= 0.3 is 6.18 Å². The molecule has 1 aliphatic heterocycles. The number of hydrogen-bond donors (Lipinski definition) is 0. The van der Waals surface area contributed by atoms with Gasteiger partial charge in [-0.15, -0.1) is 11.6 Å². The van der Waals surface area contributed by atoms with E-state index in [2.05, 4.69) is 0 Å². The van der Waals surface area contributed by atoms with E-state index in [1.54, 1.807) is 0 Å². The minimum Gasteiger partial charge on any atom is -0.212 e. The van der Waals surface area contributed by atoms with Crippen molar-refractivity contribution in [3.8, 4) is 0 Å². The van der Waals surface area contributed by atoms with Crippen LogP contribution in [0.2, 0.25) is 0 Å². The van der Waals surface area contributed by atoms with Crippen LogP contribution < -0.4 is 0 Å². The summed E-state index contributed by atoms with van der Waals surface area (Å²) in [7, 11) is -3.63. The summed E-state index contributed by atoms with van der Waals surface area (Å²) in [4.78, 5) is 0. The Morgan fingerprint density at radius 2 is 2.00 bits per heavy atom. The van der Waals surface area contributed by atoms with E-state index in [0.717, 1.165) is 4.31 Å². The minimum absolute atomic E-state index is 0.00358. The van der Waals surface area contributed by atoms with Crippen molar-refractivity contribution >= 4 is 21.6 Å². The molecule has 0 aromatic rings. The fourth-order valence-electron chi connectivity index (χ4n) is 1.69. The highest BCUT2D eigenvalue weighted by atomic mass is 35.5. The van der Waals surface area contributed by atoms with Gasteiger partial charge in [0.15, 0.2) is 0 Å². The number of piperidine rings is 1. The average Bonchev–Trinajstić information content (AvgIpc) is 2.16. The normalized spacial score (nSPS) is 24.6. The molecule has 1 unspecified atom stereocenters. The Morgan fingerprint density at radius 1 is 1.38 bits per heavy atom. The predicted octanol–water partition coefficient (Wildman–Crippen LogP) is 1.83. The van der Waals surface area contributed by atoms with Crippen LogP contribution >= 0.6 is 11.6 Å². The van der Waals surface area contributed by atoms with E-state index in [4.69, 9.17) is 11.6 Å². The second kappa shape index (κ2) is 5.10. The molecule has 0 aromatic heterocycles. The van der Waals surface area contributed by atoms with Gasteiger partial charge in [0.2, 0.25) is 10.0 Å². The summed E-state index contributed by atoms with van der Waals surface area (Å²) in [5.41, 5.74) is 0. The fourth-order valence-corrected chi connectivity index (χ4v) is 3.54. The number of rotatable bonds is 3. The molecule has 1 rings (SSSR count). The first kappa shape index (κ1) is 14.1. The highest BCUT2D eigenvalue weighted by Crippen LogP contribution is 2.33. The zero-order valence-corrected chi connectivity index (χ0v) is 10.1. The first-order chi connectivity index (χ1) is 7.27. The van der Waals surface area contributed by atoms with Crippen LogP contribution in [0.15, 0.2) is 0 Å². The molecule has 0 aliphatic carbocycles.